The van der Waals surface area contributed by atoms with Gasteiger partial charge in [-0.3, -0.25) is 9.59 Å². The maximum Gasteiger partial charge on any atom is 0.220 e. The number of aromatic amines is 1. The summed E-state index contributed by atoms with van der Waals surface area (Å²) in [5, 5.41) is 1.05. The number of carbonyl (C=O) groups excluding carboxylic acids is 2. The van der Waals surface area contributed by atoms with Gasteiger partial charge in [0.1, 0.15) is 5.75 Å². The van der Waals surface area contributed by atoms with E-state index in [-0.39, 0.29) is 17.7 Å². The van der Waals surface area contributed by atoms with Crippen LogP contribution in [0.3, 0.4) is 0 Å². The molecule has 22 heavy (non-hydrogen) atoms. The Hall–Kier alpha value is -2.30. The number of hydrogen-bond donors (Lipinski definition) is 1. The van der Waals surface area contributed by atoms with Gasteiger partial charge in [-0.1, -0.05) is 0 Å². The number of nitrogens with zero attached hydrogens (tertiary/aromatic N) is 1. The number of amides is 1. The lowest BCUT2D eigenvalue weighted by atomic mass is 9.97. The van der Waals surface area contributed by atoms with Crippen LogP contribution in [0.2, 0.25) is 0 Å². The third-order valence-electron chi connectivity index (χ3n) is 4.53. The molecule has 1 aromatic carbocycles. The first-order valence-corrected chi connectivity index (χ1v) is 7.44. The van der Waals surface area contributed by atoms with Crippen LogP contribution >= 0.6 is 0 Å². The molecule has 1 aliphatic rings. The number of H-pyrrole nitrogens is 1. The molecular weight excluding hydrogens is 280 g/mol. The number of Topliss-reactive ketones (excluding diaryl/α,β-unsaturated/α-hetero) is 1. The summed E-state index contributed by atoms with van der Waals surface area (Å²) < 4.78 is 5.33. The van der Waals surface area contributed by atoms with Crippen molar-refractivity contribution in [3.8, 4) is 5.75 Å². The number of nitrogens with one attached hydrogen (secondary N) is 1. The molecule has 0 spiro atoms. The Kier molecular flexibility index (Phi) is 3.43. The maximum absolute atomic E-state index is 11.8. The Balaban J connectivity index is 2.20. The summed E-state index contributed by atoms with van der Waals surface area (Å²) >= 11 is 0. The third kappa shape index (κ3) is 2.08. The second-order valence-corrected chi connectivity index (χ2v) is 5.81. The normalized spacial score (nSPS) is 17.5. The molecule has 0 radical (unpaired) electrons. The third-order valence-corrected chi connectivity index (χ3v) is 4.53. The number of ether oxygens (including phenoxy) is 1. The first kappa shape index (κ1) is 14.6. The summed E-state index contributed by atoms with van der Waals surface area (Å²) in [6.45, 7) is 5.87. The van der Waals surface area contributed by atoms with Gasteiger partial charge in [-0.05, 0) is 31.9 Å². The van der Waals surface area contributed by atoms with Crippen molar-refractivity contribution < 1.29 is 14.3 Å². The van der Waals surface area contributed by atoms with Gasteiger partial charge in [0, 0.05) is 36.1 Å². The zero-order valence-corrected chi connectivity index (χ0v) is 13.3. The molecule has 1 amide bonds. The van der Waals surface area contributed by atoms with Crippen LogP contribution in [-0.4, -0.2) is 35.2 Å². The Morgan fingerprint density at radius 1 is 1.32 bits per heavy atom. The summed E-state index contributed by atoms with van der Waals surface area (Å²) in [4.78, 5) is 28.8. The molecule has 0 bridgehead atoms. The number of ketones is 1. The minimum atomic E-state index is -0.0112. The van der Waals surface area contributed by atoms with Gasteiger partial charge in [-0.2, -0.15) is 0 Å². The number of carbonyl (C=O) groups is 2. The molecule has 116 valence electrons. The average molecular weight is 300 g/mol. The lowest BCUT2D eigenvalue weighted by Gasteiger charge is -2.32. The molecule has 5 heteroatoms. The van der Waals surface area contributed by atoms with Crippen molar-refractivity contribution in [2.24, 2.45) is 0 Å². The fourth-order valence-corrected chi connectivity index (χ4v) is 3.38. The minimum absolute atomic E-state index is 0.0112. The first-order valence-electron chi connectivity index (χ1n) is 7.44. The predicted octanol–water partition coefficient (Wildman–Crippen LogP) is 2.84. The molecule has 0 saturated heterocycles. The maximum atomic E-state index is 11.8. The molecule has 2 heterocycles. The lowest BCUT2D eigenvalue weighted by Crippen LogP contribution is -2.37. The number of fused-ring (bicyclic) bond motifs is 3. The quantitative estimate of drug-likeness (QED) is 0.867. The van der Waals surface area contributed by atoms with Crippen molar-refractivity contribution in [1.29, 1.82) is 0 Å². The van der Waals surface area contributed by atoms with Crippen LogP contribution in [0.25, 0.3) is 10.9 Å². The zero-order chi connectivity index (χ0) is 16.0. The summed E-state index contributed by atoms with van der Waals surface area (Å²) in [6.07, 6.45) is 0.795. The Bertz CT molecular complexity index is 776. The van der Waals surface area contributed by atoms with Crippen molar-refractivity contribution in [3.05, 3.63) is 29.0 Å². The fourth-order valence-electron chi connectivity index (χ4n) is 3.38. The van der Waals surface area contributed by atoms with Crippen molar-refractivity contribution in [3.63, 3.8) is 0 Å². The van der Waals surface area contributed by atoms with Gasteiger partial charge < -0.3 is 14.6 Å². The molecule has 1 aromatic heterocycles. The Morgan fingerprint density at radius 2 is 2.05 bits per heavy atom. The number of methoxy groups -OCH3 is 1. The van der Waals surface area contributed by atoms with Gasteiger partial charge in [-0.25, -0.2) is 0 Å². The van der Waals surface area contributed by atoms with E-state index in [4.69, 9.17) is 4.74 Å². The molecule has 3 rings (SSSR count). The molecule has 2 aromatic rings. The van der Waals surface area contributed by atoms with E-state index < -0.39 is 0 Å². The van der Waals surface area contributed by atoms with E-state index in [0.29, 0.717) is 17.9 Å². The molecule has 0 saturated carbocycles. The molecule has 0 aliphatic carbocycles. The number of aromatic nitrogens is 1. The van der Waals surface area contributed by atoms with Crippen molar-refractivity contribution in [1.82, 2.24) is 9.88 Å². The van der Waals surface area contributed by atoms with E-state index in [1.54, 1.807) is 21.0 Å². The van der Waals surface area contributed by atoms with Gasteiger partial charge in [-0.15, -0.1) is 0 Å². The first-order chi connectivity index (χ1) is 10.4. The molecular formula is C17H20N2O3. The molecule has 0 fully saturated rings. The lowest BCUT2D eigenvalue weighted by molar-refractivity contribution is -0.131. The van der Waals surface area contributed by atoms with Gasteiger partial charge in [0.25, 0.3) is 0 Å². The Labute approximate surface area is 129 Å². The Morgan fingerprint density at radius 3 is 2.64 bits per heavy atom. The van der Waals surface area contributed by atoms with Crippen LogP contribution in [-0.2, 0) is 11.2 Å². The van der Waals surface area contributed by atoms with Crippen LogP contribution in [0, 0.1) is 0 Å². The zero-order valence-electron chi connectivity index (χ0n) is 13.3. The topological polar surface area (TPSA) is 62.4 Å². The van der Waals surface area contributed by atoms with Crippen LogP contribution in [0.1, 0.15) is 48.4 Å². The highest BCUT2D eigenvalue weighted by Gasteiger charge is 2.29. The summed E-state index contributed by atoms with van der Waals surface area (Å²) in [5.41, 5.74) is 3.80. The highest BCUT2D eigenvalue weighted by atomic mass is 16.5. The van der Waals surface area contributed by atoms with Crippen molar-refractivity contribution >= 4 is 22.6 Å². The second kappa shape index (κ2) is 5.16. The van der Waals surface area contributed by atoms with Gasteiger partial charge in [0.2, 0.25) is 5.91 Å². The van der Waals surface area contributed by atoms with E-state index in [2.05, 4.69) is 4.98 Å². The summed E-state index contributed by atoms with van der Waals surface area (Å²) in [7, 11) is 1.57. The monoisotopic (exact) mass is 300 g/mol. The molecule has 5 nitrogen and oxygen atoms in total. The minimum Gasteiger partial charge on any atom is -0.496 e. The van der Waals surface area contributed by atoms with Crippen LogP contribution < -0.4 is 4.74 Å². The SMILES string of the molecule is COc1cc2[nH]c3c(c2cc1C(C)=O)CCN(C(C)=O)C3C. The highest BCUT2D eigenvalue weighted by molar-refractivity contribution is 6.02. The van der Waals surface area contributed by atoms with Crippen molar-refractivity contribution in [2.45, 2.75) is 33.2 Å². The standard InChI is InChI=1S/C17H20N2O3/c1-9-17-12(5-6-19(9)11(3)21)14-7-13(10(2)20)16(22-4)8-15(14)18-17/h7-9,18H,5-6H2,1-4H3. The van der Waals surface area contributed by atoms with Gasteiger partial charge in [0.05, 0.1) is 18.7 Å². The van der Waals surface area contributed by atoms with Crippen LogP contribution in [0.15, 0.2) is 12.1 Å². The van der Waals surface area contributed by atoms with E-state index in [9.17, 15) is 9.59 Å². The van der Waals surface area contributed by atoms with E-state index >= 15 is 0 Å². The number of rotatable bonds is 2. The van der Waals surface area contributed by atoms with E-state index in [1.165, 1.54) is 5.56 Å². The smallest absolute Gasteiger partial charge is 0.220 e. The number of benzene rings is 1. The van der Waals surface area contributed by atoms with Crippen molar-refractivity contribution in [2.75, 3.05) is 13.7 Å². The van der Waals surface area contributed by atoms with Crippen LogP contribution in [0.5, 0.6) is 5.75 Å². The van der Waals surface area contributed by atoms with E-state index in [1.807, 2.05) is 24.0 Å². The summed E-state index contributed by atoms with van der Waals surface area (Å²) in [6, 6.07) is 3.79. The molecule has 1 N–H and O–H groups in total. The average Bonchev–Trinajstić information content (AvgIpc) is 2.84. The van der Waals surface area contributed by atoms with Gasteiger partial charge in [0.15, 0.2) is 5.78 Å². The van der Waals surface area contributed by atoms with E-state index in [0.717, 1.165) is 23.0 Å². The largest absolute Gasteiger partial charge is 0.496 e. The summed E-state index contributed by atoms with van der Waals surface area (Å²) in [5.74, 6) is 0.649. The molecule has 1 aliphatic heterocycles. The van der Waals surface area contributed by atoms with Crippen LogP contribution in [0.4, 0.5) is 0 Å². The predicted molar refractivity (Wildman–Crippen MR) is 84.4 cm³/mol. The van der Waals surface area contributed by atoms with Gasteiger partial charge >= 0.3 is 0 Å². The fraction of sp³-hybridized carbons (Fsp3) is 0.412. The molecule has 1 unspecified atom stereocenters. The highest BCUT2D eigenvalue weighted by Crippen LogP contribution is 2.36. The molecule has 1 atom stereocenters. The second-order valence-electron chi connectivity index (χ2n) is 5.81. The number of hydrogen-bond acceptors (Lipinski definition) is 3.